The van der Waals surface area contributed by atoms with E-state index in [0.29, 0.717) is 30.0 Å². The van der Waals surface area contributed by atoms with Crippen LogP contribution in [0.2, 0.25) is 0 Å². The summed E-state index contributed by atoms with van der Waals surface area (Å²) >= 11 is 0. The molecule has 0 saturated carbocycles. The molecule has 1 aliphatic rings. The van der Waals surface area contributed by atoms with Crippen molar-refractivity contribution in [3.63, 3.8) is 0 Å². The van der Waals surface area contributed by atoms with E-state index in [1.54, 1.807) is 42.1 Å². The summed E-state index contributed by atoms with van der Waals surface area (Å²) in [5.41, 5.74) is 13.3. The number of hydrogen-bond donors (Lipinski definition) is 3. The zero-order valence-corrected chi connectivity index (χ0v) is 22.4. The maximum atomic E-state index is 13.2. The summed E-state index contributed by atoms with van der Waals surface area (Å²) in [6.45, 7) is 2.22. The summed E-state index contributed by atoms with van der Waals surface area (Å²) in [4.78, 5) is 49.8. The molecule has 5 rings (SSSR count). The lowest BCUT2D eigenvalue weighted by Crippen LogP contribution is -2.44. The van der Waals surface area contributed by atoms with Crippen LogP contribution in [0, 0.1) is 0 Å². The van der Waals surface area contributed by atoms with Gasteiger partial charge in [0.25, 0.3) is 5.91 Å². The van der Waals surface area contributed by atoms with Crippen LogP contribution in [0.25, 0.3) is 16.6 Å². The summed E-state index contributed by atoms with van der Waals surface area (Å²) < 4.78 is 8.03. The van der Waals surface area contributed by atoms with Gasteiger partial charge in [-0.15, -0.1) is 0 Å². The Morgan fingerprint density at radius 1 is 1.00 bits per heavy atom. The van der Waals surface area contributed by atoms with Crippen LogP contribution in [0.3, 0.4) is 0 Å². The van der Waals surface area contributed by atoms with Crippen molar-refractivity contribution in [1.82, 2.24) is 20.0 Å². The maximum Gasteiger partial charge on any atom is 0.309 e. The van der Waals surface area contributed by atoms with Crippen molar-refractivity contribution < 1.29 is 23.9 Å². The quantitative estimate of drug-likeness (QED) is 0.283. The molecule has 0 radical (unpaired) electrons. The molecule has 3 atom stereocenters. The fourth-order valence-corrected chi connectivity index (χ4v) is 5.13. The van der Waals surface area contributed by atoms with Crippen molar-refractivity contribution in [2.24, 2.45) is 11.5 Å². The Morgan fingerprint density at radius 2 is 1.78 bits per heavy atom. The number of amides is 4. The summed E-state index contributed by atoms with van der Waals surface area (Å²) in [7, 11) is 0. The first-order valence-electron chi connectivity index (χ1n) is 13.2. The minimum Gasteiger partial charge on any atom is -0.484 e. The van der Waals surface area contributed by atoms with E-state index in [9.17, 15) is 19.2 Å². The van der Waals surface area contributed by atoms with Crippen molar-refractivity contribution in [2.75, 3.05) is 6.54 Å². The standard InChI is InChI=1S/C30H30N6O5/c1-18(34-29(39)28(32)38)26(19-7-3-2-4-8-19)41-23-12-13-24-21(16-23)17-33-36(24)22-10-5-9-20(15-22)30(40)35-14-6-11-25(35)27(31)37/h2-5,7-10,12-13,15-18,25-26H,6,11,14H2,1H3,(H2,31,37)(H2,32,38)(H,34,39)/t18-,25+,26-/m0/s1. The van der Waals surface area contributed by atoms with Crippen LogP contribution >= 0.6 is 0 Å². The highest BCUT2D eigenvalue weighted by molar-refractivity contribution is 6.34. The van der Waals surface area contributed by atoms with Gasteiger partial charge in [-0.2, -0.15) is 5.10 Å². The topological polar surface area (TPSA) is 163 Å². The highest BCUT2D eigenvalue weighted by Gasteiger charge is 2.33. The molecule has 4 amide bonds. The number of likely N-dealkylation sites (tertiary alicyclic amines) is 1. The van der Waals surface area contributed by atoms with Crippen molar-refractivity contribution in [1.29, 1.82) is 0 Å². The summed E-state index contributed by atoms with van der Waals surface area (Å²) in [6.07, 6.45) is 2.38. The number of nitrogens with zero attached hydrogens (tertiary/aromatic N) is 3. The minimum atomic E-state index is -1.07. The molecule has 5 N–H and O–H groups in total. The zero-order valence-electron chi connectivity index (χ0n) is 22.4. The molecule has 1 aliphatic heterocycles. The first-order valence-corrected chi connectivity index (χ1v) is 13.2. The molecule has 11 nitrogen and oxygen atoms in total. The van der Waals surface area contributed by atoms with Crippen molar-refractivity contribution >= 4 is 34.5 Å². The number of ether oxygens (including phenoxy) is 1. The molecule has 41 heavy (non-hydrogen) atoms. The molecule has 4 aromatic rings. The van der Waals surface area contributed by atoms with Crippen molar-refractivity contribution in [3.8, 4) is 11.4 Å². The van der Waals surface area contributed by atoms with Crippen LogP contribution in [-0.4, -0.2) is 56.9 Å². The lowest BCUT2D eigenvalue weighted by Gasteiger charge is -2.26. The van der Waals surface area contributed by atoms with Gasteiger partial charge in [-0.05, 0) is 61.7 Å². The molecule has 1 saturated heterocycles. The van der Waals surface area contributed by atoms with E-state index in [-0.39, 0.29) is 5.91 Å². The second-order valence-corrected chi connectivity index (χ2v) is 9.96. The first-order chi connectivity index (χ1) is 19.7. The second-order valence-electron chi connectivity index (χ2n) is 9.96. The van der Waals surface area contributed by atoms with Gasteiger partial charge in [0, 0.05) is 17.5 Å². The van der Waals surface area contributed by atoms with Gasteiger partial charge in [-0.25, -0.2) is 4.68 Å². The van der Waals surface area contributed by atoms with Gasteiger partial charge >= 0.3 is 11.8 Å². The lowest BCUT2D eigenvalue weighted by molar-refractivity contribution is -0.138. The summed E-state index contributed by atoms with van der Waals surface area (Å²) in [5, 5.41) is 7.91. The van der Waals surface area contributed by atoms with E-state index in [0.717, 1.165) is 22.9 Å². The zero-order chi connectivity index (χ0) is 29.1. The lowest BCUT2D eigenvalue weighted by atomic mass is 10.0. The average Bonchev–Trinajstić information content (AvgIpc) is 3.63. The maximum absolute atomic E-state index is 13.2. The molecule has 1 fully saturated rings. The molecule has 0 aliphatic carbocycles. The highest BCUT2D eigenvalue weighted by Crippen LogP contribution is 2.29. The van der Waals surface area contributed by atoms with Gasteiger partial charge in [0.15, 0.2) is 0 Å². The van der Waals surface area contributed by atoms with Crippen LogP contribution < -0.4 is 21.5 Å². The van der Waals surface area contributed by atoms with Crippen LogP contribution in [0.5, 0.6) is 5.75 Å². The van der Waals surface area contributed by atoms with Crippen LogP contribution in [0.1, 0.15) is 41.8 Å². The minimum absolute atomic E-state index is 0.246. The number of primary amides is 2. The van der Waals surface area contributed by atoms with Gasteiger partial charge in [-0.3, -0.25) is 19.2 Å². The Hall–Kier alpha value is -5.19. The van der Waals surface area contributed by atoms with Crippen molar-refractivity contribution in [2.45, 2.75) is 38.0 Å². The third-order valence-corrected chi connectivity index (χ3v) is 7.15. The number of carbonyl (C=O) groups excluding carboxylic acids is 4. The SMILES string of the molecule is C[C@H](NC(=O)C(N)=O)[C@H](Oc1ccc2c(cnn2-c2cccc(C(=O)N3CCC[C@@H]3C(N)=O)c2)c1)c1ccccc1. The van der Waals surface area contributed by atoms with Gasteiger partial charge in [-0.1, -0.05) is 36.4 Å². The summed E-state index contributed by atoms with van der Waals surface area (Å²) in [5.74, 6) is -2.18. The predicted octanol–water partition coefficient (Wildman–Crippen LogP) is 2.23. The monoisotopic (exact) mass is 554 g/mol. The van der Waals surface area contributed by atoms with E-state index in [1.807, 2.05) is 48.5 Å². The molecule has 0 bridgehead atoms. The Labute approximate surface area is 236 Å². The number of aromatic nitrogens is 2. The fraction of sp³-hybridized carbons (Fsp3) is 0.233. The number of rotatable bonds is 8. The van der Waals surface area contributed by atoms with Gasteiger partial charge in [0.1, 0.15) is 17.9 Å². The average molecular weight is 555 g/mol. The molecule has 0 spiro atoms. The van der Waals surface area contributed by atoms with Crippen LogP contribution in [-0.2, 0) is 14.4 Å². The molecular formula is C30H30N6O5. The third-order valence-electron chi connectivity index (χ3n) is 7.15. The molecule has 11 heteroatoms. The number of fused-ring (bicyclic) bond motifs is 1. The van der Waals surface area contributed by atoms with Crippen LogP contribution in [0.15, 0.2) is 79.0 Å². The third kappa shape index (κ3) is 5.74. The fourth-order valence-electron chi connectivity index (χ4n) is 5.13. The van der Waals surface area contributed by atoms with E-state index >= 15 is 0 Å². The Morgan fingerprint density at radius 3 is 2.51 bits per heavy atom. The van der Waals surface area contributed by atoms with Gasteiger partial charge in [0.05, 0.1) is 23.4 Å². The number of nitrogens with one attached hydrogen (secondary N) is 1. The Balaban J connectivity index is 1.40. The molecule has 3 aromatic carbocycles. The van der Waals surface area contributed by atoms with Gasteiger partial charge in [0.2, 0.25) is 5.91 Å². The highest BCUT2D eigenvalue weighted by atomic mass is 16.5. The molecular weight excluding hydrogens is 524 g/mol. The number of carbonyl (C=O) groups is 4. The Bertz CT molecular complexity index is 1620. The molecule has 2 heterocycles. The van der Waals surface area contributed by atoms with E-state index < -0.39 is 35.9 Å². The Kier molecular flexibility index (Phi) is 7.68. The smallest absolute Gasteiger partial charge is 0.309 e. The number of hydrogen-bond acceptors (Lipinski definition) is 6. The first kappa shape index (κ1) is 27.4. The second kappa shape index (κ2) is 11.5. The molecule has 1 aromatic heterocycles. The molecule has 0 unspecified atom stereocenters. The molecule has 210 valence electrons. The van der Waals surface area contributed by atoms with E-state index in [4.69, 9.17) is 16.2 Å². The van der Waals surface area contributed by atoms with E-state index in [2.05, 4.69) is 10.4 Å². The van der Waals surface area contributed by atoms with Crippen molar-refractivity contribution in [3.05, 3.63) is 90.1 Å². The van der Waals surface area contributed by atoms with Gasteiger partial charge < -0.3 is 26.4 Å². The number of nitrogens with two attached hydrogens (primary N) is 2. The van der Waals surface area contributed by atoms with Crippen LogP contribution in [0.4, 0.5) is 0 Å². The number of benzene rings is 3. The predicted molar refractivity (Wildman–Crippen MR) is 151 cm³/mol. The normalized spacial score (nSPS) is 16.2. The van der Waals surface area contributed by atoms with E-state index in [1.165, 1.54) is 4.90 Å². The largest absolute Gasteiger partial charge is 0.484 e. The summed E-state index contributed by atoms with van der Waals surface area (Å²) in [6, 6.07) is 20.7.